The van der Waals surface area contributed by atoms with E-state index in [4.69, 9.17) is 17.0 Å². The molecule has 0 aromatic heterocycles. The molecule has 2 saturated heterocycles. The van der Waals surface area contributed by atoms with Crippen LogP contribution in [0.4, 0.5) is 0 Å². The highest BCUT2D eigenvalue weighted by Gasteiger charge is 2.12. The lowest BCUT2D eigenvalue weighted by molar-refractivity contribution is 0.0388. The van der Waals surface area contributed by atoms with Gasteiger partial charge in [0, 0.05) is 39.3 Å². The van der Waals surface area contributed by atoms with Crippen molar-refractivity contribution in [2.75, 3.05) is 52.5 Å². The van der Waals surface area contributed by atoms with Crippen LogP contribution in [0.25, 0.3) is 0 Å². The Morgan fingerprint density at radius 2 is 1.58 bits per heavy atom. The van der Waals surface area contributed by atoms with Crippen LogP contribution in [0, 0.1) is 0 Å². The molecule has 0 bridgehead atoms. The largest absolute Gasteiger partial charge is 0.379 e. The lowest BCUT2D eigenvalue weighted by atomic mass is 10.1. The average Bonchev–Trinajstić information content (AvgIpc) is 2.39. The van der Waals surface area contributed by atoms with E-state index in [1.54, 1.807) is 0 Å². The molecule has 2 fully saturated rings. The molecular weight excluding hydrogens is 258 g/mol. The summed E-state index contributed by atoms with van der Waals surface area (Å²) in [5, 5.41) is 4.38. The van der Waals surface area contributed by atoms with Crippen LogP contribution in [0.5, 0.6) is 0 Å². The average molecular weight is 285 g/mol. The Hall–Kier alpha value is -0.390. The zero-order valence-corrected chi connectivity index (χ0v) is 12.7. The first-order valence-electron chi connectivity index (χ1n) is 7.69. The number of nitrogens with zero attached hydrogens (tertiary/aromatic N) is 2. The molecule has 2 heterocycles. The second-order valence-electron chi connectivity index (χ2n) is 5.44. The van der Waals surface area contributed by atoms with Crippen LogP contribution in [0.3, 0.4) is 0 Å². The Balaban J connectivity index is 1.62. The summed E-state index contributed by atoms with van der Waals surface area (Å²) in [6, 6.07) is 0. The van der Waals surface area contributed by atoms with Gasteiger partial charge in [-0.1, -0.05) is 19.3 Å². The molecule has 2 aliphatic heterocycles. The number of nitrogens with one attached hydrogen (secondary N) is 1. The minimum atomic E-state index is 0.872. The maximum absolute atomic E-state index is 5.52. The lowest BCUT2D eigenvalue weighted by Crippen LogP contribution is -2.45. The molecule has 1 N–H and O–H groups in total. The Labute approximate surface area is 122 Å². The third kappa shape index (κ3) is 5.63. The summed E-state index contributed by atoms with van der Waals surface area (Å²) in [5.41, 5.74) is 0. The fraction of sp³-hybridized carbons (Fsp3) is 0.929. The highest BCUT2D eigenvalue weighted by molar-refractivity contribution is 7.80. The van der Waals surface area contributed by atoms with Gasteiger partial charge in [-0.25, -0.2) is 0 Å². The highest BCUT2D eigenvalue weighted by Crippen LogP contribution is 2.10. The number of likely N-dealkylation sites (tertiary alicyclic amines) is 1. The summed E-state index contributed by atoms with van der Waals surface area (Å²) >= 11 is 5.52. The summed E-state index contributed by atoms with van der Waals surface area (Å²) in [7, 11) is 0. The molecule has 0 aromatic rings. The smallest absolute Gasteiger partial charge is 0.168 e. The van der Waals surface area contributed by atoms with Gasteiger partial charge in [0.2, 0.25) is 0 Å². The van der Waals surface area contributed by atoms with Crippen LogP contribution in [0.15, 0.2) is 0 Å². The number of thiocarbonyl (C=S) groups is 1. The molecular formula is C14H27N3OS. The number of hydrogen-bond donors (Lipinski definition) is 1. The van der Waals surface area contributed by atoms with Gasteiger partial charge in [0.15, 0.2) is 5.11 Å². The maximum Gasteiger partial charge on any atom is 0.168 e. The molecule has 2 aliphatic rings. The van der Waals surface area contributed by atoms with Gasteiger partial charge in [0.25, 0.3) is 0 Å². The highest BCUT2D eigenvalue weighted by atomic mass is 32.1. The zero-order valence-electron chi connectivity index (χ0n) is 11.9. The van der Waals surface area contributed by atoms with Crippen molar-refractivity contribution in [2.45, 2.75) is 32.1 Å². The zero-order chi connectivity index (χ0) is 13.3. The van der Waals surface area contributed by atoms with Gasteiger partial charge < -0.3 is 15.0 Å². The SMILES string of the molecule is S=C(NCCN1CCOCC1)N1CCCCCCC1. The van der Waals surface area contributed by atoms with Gasteiger partial charge in [-0.2, -0.15) is 0 Å². The standard InChI is InChI=1S/C14H27N3OS/c19-14(17-7-4-2-1-3-5-8-17)15-6-9-16-10-12-18-13-11-16/h1-13H2,(H,15,19). The van der Waals surface area contributed by atoms with Crippen LogP contribution in [0.2, 0.25) is 0 Å². The van der Waals surface area contributed by atoms with E-state index in [-0.39, 0.29) is 0 Å². The minimum Gasteiger partial charge on any atom is -0.379 e. The van der Waals surface area contributed by atoms with E-state index in [2.05, 4.69) is 15.1 Å². The molecule has 5 heteroatoms. The molecule has 4 nitrogen and oxygen atoms in total. The summed E-state index contributed by atoms with van der Waals surface area (Å²) in [4.78, 5) is 4.79. The third-order valence-corrected chi connectivity index (χ3v) is 4.35. The monoisotopic (exact) mass is 285 g/mol. The molecule has 0 unspecified atom stereocenters. The Bertz CT molecular complexity index is 261. The van der Waals surface area contributed by atoms with Gasteiger partial charge in [0.1, 0.15) is 0 Å². The van der Waals surface area contributed by atoms with Gasteiger partial charge in [-0.3, -0.25) is 4.90 Å². The maximum atomic E-state index is 5.52. The van der Waals surface area contributed by atoms with Gasteiger partial charge in [0.05, 0.1) is 13.2 Å². The molecule has 0 radical (unpaired) electrons. The second-order valence-corrected chi connectivity index (χ2v) is 5.83. The topological polar surface area (TPSA) is 27.7 Å². The number of morpholine rings is 1. The number of rotatable bonds is 3. The quantitative estimate of drug-likeness (QED) is 0.793. The molecule has 0 aromatic carbocycles. The van der Waals surface area contributed by atoms with Crippen LogP contribution >= 0.6 is 12.2 Å². The molecule has 0 spiro atoms. The molecule has 0 amide bonds. The molecule has 110 valence electrons. The van der Waals surface area contributed by atoms with Crippen molar-refractivity contribution in [2.24, 2.45) is 0 Å². The molecule has 0 aliphatic carbocycles. The molecule has 0 atom stereocenters. The van der Waals surface area contributed by atoms with E-state index in [1.165, 1.54) is 32.1 Å². The van der Waals surface area contributed by atoms with Crippen LogP contribution in [-0.2, 0) is 4.74 Å². The molecule has 2 rings (SSSR count). The third-order valence-electron chi connectivity index (χ3n) is 3.95. The van der Waals surface area contributed by atoms with Crippen molar-refractivity contribution in [3.05, 3.63) is 0 Å². The van der Waals surface area contributed by atoms with Crippen LogP contribution in [-0.4, -0.2) is 67.4 Å². The lowest BCUT2D eigenvalue weighted by Gasteiger charge is -2.29. The van der Waals surface area contributed by atoms with Crippen molar-refractivity contribution in [3.8, 4) is 0 Å². The fourth-order valence-electron chi connectivity index (χ4n) is 2.71. The van der Waals surface area contributed by atoms with E-state index in [0.29, 0.717) is 0 Å². The first kappa shape index (κ1) is 15.0. The number of hydrogen-bond acceptors (Lipinski definition) is 3. The normalized spacial score (nSPS) is 22.6. The molecule has 19 heavy (non-hydrogen) atoms. The van der Waals surface area contributed by atoms with E-state index in [0.717, 1.165) is 57.6 Å². The van der Waals surface area contributed by atoms with Gasteiger partial charge >= 0.3 is 0 Å². The van der Waals surface area contributed by atoms with Crippen molar-refractivity contribution in [1.82, 2.24) is 15.1 Å². The number of ether oxygens (including phenoxy) is 1. The first-order chi connectivity index (χ1) is 9.36. The van der Waals surface area contributed by atoms with Crippen molar-refractivity contribution < 1.29 is 4.74 Å². The first-order valence-corrected chi connectivity index (χ1v) is 8.10. The van der Waals surface area contributed by atoms with Crippen LogP contribution in [0.1, 0.15) is 32.1 Å². The Morgan fingerprint density at radius 1 is 0.947 bits per heavy atom. The van der Waals surface area contributed by atoms with Gasteiger partial charge in [-0.15, -0.1) is 0 Å². The van der Waals surface area contributed by atoms with Crippen molar-refractivity contribution in [3.63, 3.8) is 0 Å². The van der Waals surface area contributed by atoms with E-state index >= 15 is 0 Å². The van der Waals surface area contributed by atoms with Crippen LogP contribution < -0.4 is 5.32 Å². The van der Waals surface area contributed by atoms with Crippen molar-refractivity contribution >= 4 is 17.3 Å². The summed E-state index contributed by atoms with van der Waals surface area (Å²) < 4.78 is 5.35. The summed E-state index contributed by atoms with van der Waals surface area (Å²) in [6.07, 6.45) is 6.67. The fourth-order valence-corrected chi connectivity index (χ4v) is 2.99. The predicted octanol–water partition coefficient (Wildman–Crippen LogP) is 1.46. The van der Waals surface area contributed by atoms with E-state index in [1.807, 2.05) is 0 Å². The Kier molecular flexibility index (Phi) is 6.88. The van der Waals surface area contributed by atoms with E-state index < -0.39 is 0 Å². The van der Waals surface area contributed by atoms with Gasteiger partial charge in [-0.05, 0) is 25.1 Å². The summed E-state index contributed by atoms with van der Waals surface area (Å²) in [5.74, 6) is 0. The minimum absolute atomic E-state index is 0.872. The summed E-state index contributed by atoms with van der Waals surface area (Å²) in [6.45, 7) is 8.13. The predicted molar refractivity (Wildman–Crippen MR) is 82.5 cm³/mol. The van der Waals surface area contributed by atoms with Crippen molar-refractivity contribution in [1.29, 1.82) is 0 Å². The molecule has 0 saturated carbocycles. The Morgan fingerprint density at radius 3 is 2.26 bits per heavy atom. The van der Waals surface area contributed by atoms with E-state index in [9.17, 15) is 0 Å². The second kappa shape index (κ2) is 8.72.